The number of likely N-dealkylation sites (tertiary alicyclic amines) is 1. The smallest absolute Gasteiger partial charge is 0.193 e. The minimum Gasteiger partial charge on any atom is -0.382 e. The molecule has 1 fully saturated rings. The van der Waals surface area contributed by atoms with Gasteiger partial charge in [0, 0.05) is 40.4 Å². The average Bonchev–Trinajstić information content (AvgIpc) is 2.67. The number of nitrogens with one attached hydrogen (secondary N) is 1. The van der Waals surface area contributed by atoms with Gasteiger partial charge in [-0.2, -0.15) is 0 Å². The Morgan fingerprint density at radius 2 is 1.96 bits per heavy atom. The lowest BCUT2D eigenvalue weighted by Crippen LogP contribution is -2.48. The fourth-order valence-corrected chi connectivity index (χ4v) is 3.64. The molecule has 1 aromatic rings. The number of hydrogen-bond donors (Lipinski definition) is 1. The Balaban J connectivity index is 0.00000364. The third kappa shape index (κ3) is 8.35. The van der Waals surface area contributed by atoms with E-state index in [1.165, 1.54) is 12.0 Å². The van der Waals surface area contributed by atoms with Gasteiger partial charge in [0.2, 0.25) is 0 Å². The first-order valence-electron chi connectivity index (χ1n) is 9.83. The quantitative estimate of drug-likeness (QED) is 0.249. The van der Waals surface area contributed by atoms with Crippen molar-refractivity contribution in [1.82, 2.24) is 10.2 Å². The molecule has 6 heteroatoms. The van der Waals surface area contributed by atoms with E-state index in [0.29, 0.717) is 25.0 Å². The molecule has 0 spiro atoms. The number of unbranched alkanes of at least 4 members (excludes halogenated alkanes) is 1. The van der Waals surface area contributed by atoms with Gasteiger partial charge in [0.05, 0.1) is 13.2 Å². The highest BCUT2D eigenvalue weighted by atomic mass is 127. The van der Waals surface area contributed by atoms with E-state index in [1.54, 1.807) is 7.11 Å². The van der Waals surface area contributed by atoms with Gasteiger partial charge in [-0.05, 0) is 36.7 Å². The number of aliphatic imine (C=N–C) groups is 1. The van der Waals surface area contributed by atoms with Crippen molar-refractivity contribution in [2.45, 2.75) is 32.1 Å². The van der Waals surface area contributed by atoms with Gasteiger partial charge in [-0.15, -0.1) is 24.0 Å². The summed E-state index contributed by atoms with van der Waals surface area (Å²) < 4.78 is 10.5. The van der Waals surface area contributed by atoms with Crippen LogP contribution in [0, 0.1) is 5.92 Å². The third-order valence-electron chi connectivity index (χ3n) is 5.07. The zero-order valence-corrected chi connectivity index (χ0v) is 19.4. The SMILES string of the molecule is CN=C(NCCCCOCCOC)N1CCC(c2ccccc2)C(C)C1.I. The van der Waals surface area contributed by atoms with E-state index >= 15 is 0 Å². The first-order chi connectivity index (χ1) is 12.8. The largest absolute Gasteiger partial charge is 0.382 e. The van der Waals surface area contributed by atoms with Crippen molar-refractivity contribution in [3.05, 3.63) is 35.9 Å². The maximum absolute atomic E-state index is 5.50. The number of benzene rings is 1. The number of ether oxygens (including phenoxy) is 2. The van der Waals surface area contributed by atoms with Crippen LogP contribution in [0.1, 0.15) is 37.7 Å². The number of methoxy groups -OCH3 is 1. The summed E-state index contributed by atoms with van der Waals surface area (Å²) >= 11 is 0. The zero-order chi connectivity index (χ0) is 18.6. The molecule has 5 nitrogen and oxygen atoms in total. The number of guanidine groups is 1. The van der Waals surface area contributed by atoms with Crippen molar-refractivity contribution in [3.63, 3.8) is 0 Å². The van der Waals surface area contributed by atoms with Gasteiger partial charge >= 0.3 is 0 Å². The Morgan fingerprint density at radius 3 is 2.63 bits per heavy atom. The molecule has 1 aliphatic rings. The molecule has 1 saturated heterocycles. The van der Waals surface area contributed by atoms with Gasteiger partial charge in [0.25, 0.3) is 0 Å². The molecule has 1 aromatic carbocycles. The van der Waals surface area contributed by atoms with Crippen molar-refractivity contribution in [3.8, 4) is 0 Å². The summed E-state index contributed by atoms with van der Waals surface area (Å²) in [6.07, 6.45) is 3.32. The van der Waals surface area contributed by atoms with Gasteiger partial charge < -0.3 is 19.7 Å². The van der Waals surface area contributed by atoms with E-state index in [2.05, 4.69) is 52.5 Å². The predicted octanol–water partition coefficient (Wildman–Crippen LogP) is 3.75. The predicted molar refractivity (Wildman–Crippen MR) is 123 cm³/mol. The normalized spacial score (nSPS) is 20.3. The first-order valence-corrected chi connectivity index (χ1v) is 9.83. The second-order valence-electron chi connectivity index (χ2n) is 7.02. The van der Waals surface area contributed by atoms with Crippen LogP contribution >= 0.6 is 24.0 Å². The molecule has 2 atom stereocenters. The Morgan fingerprint density at radius 1 is 1.19 bits per heavy atom. The van der Waals surface area contributed by atoms with Crippen LogP contribution in [-0.4, -0.2) is 64.5 Å². The summed E-state index contributed by atoms with van der Waals surface area (Å²) in [5.74, 6) is 2.30. The summed E-state index contributed by atoms with van der Waals surface area (Å²) in [6, 6.07) is 10.9. The van der Waals surface area contributed by atoms with E-state index in [0.717, 1.165) is 45.0 Å². The average molecular weight is 489 g/mol. The van der Waals surface area contributed by atoms with Crippen molar-refractivity contribution < 1.29 is 9.47 Å². The third-order valence-corrected chi connectivity index (χ3v) is 5.07. The van der Waals surface area contributed by atoms with E-state index < -0.39 is 0 Å². The molecule has 0 bridgehead atoms. The van der Waals surface area contributed by atoms with Crippen LogP contribution in [0.5, 0.6) is 0 Å². The van der Waals surface area contributed by atoms with Crippen LogP contribution in [0.3, 0.4) is 0 Å². The maximum atomic E-state index is 5.50. The molecule has 1 aliphatic heterocycles. The Bertz CT molecular complexity index is 527. The fourth-order valence-electron chi connectivity index (χ4n) is 3.64. The lowest BCUT2D eigenvalue weighted by atomic mass is 9.82. The van der Waals surface area contributed by atoms with Gasteiger partial charge in [-0.1, -0.05) is 37.3 Å². The van der Waals surface area contributed by atoms with Gasteiger partial charge in [-0.3, -0.25) is 4.99 Å². The summed E-state index contributed by atoms with van der Waals surface area (Å²) in [4.78, 5) is 6.89. The van der Waals surface area contributed by atoms with E-state index in [4.69, 9.17) is 9.47 Å². The molecule has 0 saturated carbocycles. The van der Waals surface area contributed by atoms with E-state index in [1.807, 2.05) is 7.05 Å². The van der Waals surface area contributed by atoms with Gasteiger partial charge in [0.1, 0.15) is 0 Å². The molecule has 154 valence electrons. The summed E-state index contributed by atoms with van der Waals surface area (Å²) in [7, 11) is 3.58. The molecular formula is C21H36IN3O2. The summed E-state index contributed by atoms with van der Waals surface area (Å²) in [5, 5.41) is 3.51. The molecule has 1 heterocycles. The zero-order valence-electron chi connectivity index (χ0n) is 17.0. The summed E-state index contributed by atoms with van der Waals surface area (Å²) in [6.45, 7) is 7.55. The molecule has 2 unspecified atom stereocenters. The topological polar surface area (TPSA) is 46.1 Å². The Hall–Kier alpha value is -0.860. The number of hydrogen-bond acceptors (Lipinski definition) is 3. The maximum Gasteiger partial charge on any atom is 0.193 e. The fraction of sp³-hybridized carbons (Fsp3) is 0.667. The monoisotopic (exact) mass is 489 g/mol. The first kappa shape index (κ1) is 24.2. The van der Waals surface area contributed by atoms with Crippen molar-refractivity contribution in [2.75, 3.05) is 53.6 Å². The molecule has 27 heavy (non-hydrogen) atoms. The van der Waals surface area contributed by atoms with Crippen molar-refractivity contribution in [2.24, 2.45) is 10.9 Å². The Kier molecular flexibility index (Phi) is 12.7. The van der Waals surface area contributed by atoms with Crippen molar-refractivity contribution >= 4 is 29.9 Å². The van der Waals surface area contributed by atoms with Crippen molar-refractivity contribution in [1.29, 1.82) is 0 Å². The minimum absolute atomic E-state index is 0. The summed E-state index contributed by atoms with van der Waals surface area (Å²) in [5.41, 5.74) is 1.47. The van der Waals surface area contributed by atoms with Crippen LogP contribution in [0.25, 0.3) is 0 Å². The number of halogens is 1. The second-order valence-corrected chi connectivity index (χ2v) is 7.02. The van der Waals surface area contributed by atoms with Gasteiger partial charge in [-0.25, -0.2) is 0 Å². The van der Waals surface area contributed by atoms with Crippen LogP contribution in [0.15, 0.2) is 35.3 Å². The second kappa shape index (κ2) is 14.2. The minimum atomic E-state index is 0. The highest BCUT2D eigenvalue weighted by molar-refractivity contribution is 14.0. The molecule has 1 N–H and O–H groups in total. The lowest BCUT2D eigenvalue weighted by molar-refractivity contribution is 0.0689. The number of rotatable bonds is 9. The van der Waals surface area contributed by atoms with Gasteiger partial charge in [0.15, 0.2) is 5.96 Å². The molecule has 0 amide bonds. The van der Waals surface area contributed by atoms with E-state index in [-0.39, 0.29) is 24.0 Å². The van der Waals surface area contributed by atoms with Crippen LogP contribution in [0.4, 0.5) is 0 Å². The molecule has 0 radical (unpaired) electrons. The molecule has 0 aromatic heterocycles. The molecule has 2 rings (SSSR count). The number of nitrogens with zero attached hydrogens (tertiary/aromatic N) is 2. The lowest BCUT2D eigenvalue weighted by Gasteiger charge is -2.39. The molecule has 0 aliphatic carbocycles. The van der Waals surface area contributed by atoms with Crippen LogP contribution in [-0.2, 0) is 9.47 Å². The Labute approximate surface area is 181 Å². The highest BCUT2D eigenvalue weighted by Crippen LogP contribution is 2.32. The number of piperidine rings is 1. The van der Waals surface area contributed by atoms with Crippen LogP contribution in [0.2, 0.25) is 0 Å². The molecular weight excluding hydrogens is 453 g/mol. The van der Waals surface area contributed by atoms with Crippen LogP contribution < -0.4 is 5.32 Å². The van der Waals surface area contributed by atoms with E-state index in [9.17, 15) is 0 Å². The standard InChI is InChI=1S/C21H35N3O2.HI/c1-18-17-24(13-11-20(18)19-9-5-4-6-10-19)21(22-2)23-12-7-8-14-26-16-15-25-3;/h4-6,9-10,18,20H,7-8,11-17H2,1-3H3,(H,22,23);1H. The highest BCUT2D eigenvalue weighted by Gasteiger charge is 2.28.